The van der Waals surface area contributed by atoms with Crippen LogP contribution in [0.5, 0.6) is 0 Å². The normalized spacial score (nSPS) is 11.8. The lowest BCUT2D eigenvalue weighted by atomic mass is 9.88. The molecule has 0 aromatic heterocycles. The summed E-state index contributed by atoms with van der Waals surface area (Å²) in [5, 5.41) is 10.6. The molecule has 0 aliphatic heterocycles. The predicted octanol–water partition coefficient (Wildman–Crippen LogP) is 9.38. The number of benzene rings is 7. The fraction of sp³-hybridized carbons (Fsp3) is 0.0303. The molecule has 0 spiro atoms. The largest absolute Gasteiger partial charge is 0.0622 e. The minimum atomic E-state index is 1.26. The van der Waals surface area contributed by atoms with E-state index >= 15 is 0 Å². The van der Waals surface area contributed by atoms with Gasteiger partial charge in [0.05, 0.1) is 0 Å². The Balaban J connectivity index is 1.44. The average molecular weight is 419 g/mol. The van der Waals surface area contributed by atoms with E-state index in [0.717, 1.165) is 0 Å². The van der Waals surface area contributed by atoms with E-state index in [1.165, 1.54) is 70.9 Å². The van der Waals surface area contributed by atoms with Crippen LogP contribution in [0.25, 0.3) is 65.3 Å². The molecule has 0 saturated carbocycles. The molecule has 0 aliphatic rings. The maximum Gasteiger partial charge on any atom is -0.00205 e. The molecule has 0 atom stereocenters. The van der Waals surface area contributed by atoms with Gasteiger partial charge in [0, 0.05) is 0 Å². The van der Waals surface area contributed by atoms with E-state index in [1.54, 1.807) is 0 Å². The molecular weight excluding hydrogens is 396 g/mol. The van der Waals surface area contributed by atoms with Crippen LogP contribution in [0.4, 0.5) is 0 Å². The van der Waals surface area contributed by atoms with Crippen molar-refractivity contribution in [3.8, 4) is 22.3 Å². The minimum Gasteiger partial charge on any atom is -0.0622 e. The molecule has 7 rings (SSSR count). The summed E-state index contributed by atoms with van der Waals surface area (Å²) in [7, 11) is 0. The molecule has 7 aromatic rings. The molecule has 0 heterocycles. The van der Waals surface area contributed by atoms with Crippen molar-refractivity contribution in [2.45, 2.75) is 6.92 Å². The molecule has 7 aromatic carbocycles. The van der Waals surface area contributed by atoms with Gasteiger partial charge < -0.3 is 0 Å². The Kier molecular flexibility index (Phi) is 3.86. The van der Waals surface area contributed by atoms with Crippen molar-refractivity contribution >= 4 is 43.1 Å². The fourth-order valence-corrected chi connectivity index (χ4v) is 5.42. The first-order chi connectivity index (χ1) is 16.3. The number of fused-ring (bicyclic) bond motifs is 1. The third-order valence-electron chi connectivity index (χ3n) is 7.14. The maximum atomic E-state index is 2.33. The number of hydrogen-bond acceptors (Lipinski definition) is 0. The van der Waals surface area contributed by atoms with Crippen LogP contribution in [-0.2, 0) is 0 Å². The first-order valence-corrected chi connectivity index (χ1v) is 11.5. The van der Waals surface area contributed by atoms with Gasteiger partial charge in [-0.25, -0.2) is 0 Å². The molecule has 0 unspecified atom stereocenters. The molecule has 0 bridgehead atoms. The number of hydrogen-bond donors (Lipinski definition) is 0. The van der Waals surface area contributed by atoms with Crippen LogP contribution in [0.1, 0.15) is 5.56 Å². The zero-order chi connectivity index (χ0) is 21.9. The molecule has 0 fully saturated rings. The lowest BCUT2D eigenvalue weighted by molar-refractivity contribution is 1.55. The molecule has 0 aliphatic carbocycles. The van der Waals surface area contributed by atoms with Gasteiger partial charge in [-0.15, -0.1) is 0 Å². The second kappa shape index (κ2) is 6.92. The molecule has 0 amide bonds. The van der Waals surface area contributed by atoms with Crippen LogP contribution < -0.4 is 0 Å². The van der Waals surface area contributed by atoms with E-state index in [-0.39, 0.29) is 0 Å². The highest BCUT2D eigenvalue weighted by atomic mass is 14.2. The summed E-state index contributed by atoms with van der Waals surface area (Å²) in [6.07, 6.45) is 0. The summed E-state index contributed by atoms with van der Waals surface area (Å²) < 4.78 is 0. The van der Waals surface area contributed by atoms with Gasteiger partial charge in [-0.3, -0.25) is 0 Å². The van der Waals surface area contributed by atoms with Gasteiger partial charge >= 0.3 is 0 Å². The number of rotatable bonds is 2. The highest BCUT2D eigenvalue weighted by Gasteiger charge is 2.13. The van der Waals surface area contributed by atoms with Crippen molar-refractivity contribution in [3.63, 3.8) is 0 Å². The summed E-state index contributed by atoms with van der Waals surface area (Å²) in [5.74, 6) is 0. The van der Waals surface area contributed by atoms with Crippen LogP contribution in [-0.4, -0.2) is 0 Å². The second-order valence-corrected chi connectivity index (χ2v) is 9.06. The molecule has 0 N–H and O–H groups in total. The Morgan fingerprint density at radius 3 is 1.76 bits per heavy atom. The molecule has 33 heavy (non-hydrogen) atoms. The van der Waals surface area contributed by atoms with Crippen molar-refractivity contribution in [2.24, 2.45) is 0 Å². The Morgan fingerprint density at radius 2 is 0.970 bits per heavy atom. The van der Waals surface area contributed by atoms with Crippen molar-refractivity contribution in [3.05, 3.63) is 121 Å². The van der Waals surface area contributed by atoms with E-state index in [0.29, 0.717) is 0 Å². The molecule has 154 valence electrons. The standard InChI is InChI=1S/C33H22/c1-21-7-8-23-15-18-31-30(17-14-24-13-16-29(21)32(23)33(24)31)28-12-11-26-19-25(9-10-27(26)20-28)22-5-3-2-4-6-22/h2-20H,1H3. The van der Waals surface area contributed by atoms with Crippen molar-refractivity contribution < 1.29 is 0 Å². The lowest BCUT2D eigenvalue weighted by Crippen LogP contribution is -1.89. The minimum absolute atomic E-state index is 1.26. The highest BCUT2D eigenvalue weighted by Crippen LogP contribution is 2.40. The van der Waals surface area contributed by atoms with Crippen molar-refractivity contribution in [1.29, 1.82) is 0 Å². The van der Waals surface area contributed by atoms with Crippen LogP contribution >= 0.6 is 0 Å². The Morgan fingerprint density at radius 1 is 0.394 bits per heavy atom. The van der Waals surface area contributed by atoms with E-state index in [9.17, 15) is 0 Å². The van der Waals surface area contributed by atoms with Crippen LogP contribution in [0, 0.1) is 6.92 Å². The average Bonchev–Trinajstić information content (AvgIpc) is 2.88. The topological polar surface area (TPSA) is 0 Å². The fourth-order valence-electron chi connectivity index (χ4n) is 5.42. The van der Waals surface area contributed by atoms with Crippen LogP contribution in [0.2, 0.25) is 0 Å². The summed E-state index contributed by atoms with van der Waals surface area (Å²) in [5.41, 5.74) is 6.42. The molecule has 0 heteroatoms. The molecule has 0 saturated heterocycles. The Labute approximate surface area is 193 Å². The van der Waals surface area contributed by atoms with E-state index in [1.807, 2.05) is 0 Å². The molecule has 0 nitrogen and oxygen atoms in total. The third kappa shape index (κ3) is 2.78. The van der Waals surface area contributed by atoms with Gasteiger partial charge in [-0.05, 0) is 90.0 Å². The van der Waals surface area contributed by atoms with Gasteiger partial charge in [0.2, 0.25) is 0 Å². The molecule has 0 radical (unpaired) electrons. The first-order valence-electron chi connectivity index (χ1n) is 11.5. The van der Waals surface area contributed by atoms with Crippen molar-refractivity contribution in [2.75, 3.05) is 0 Å². The SMILES string of the molecule is Cc1ccc2ccc3c(-c4ccc5cc(-c6ccccc6)ccc5c4)ccc4ccc1c2c43. The van der Waals surface area contributed by atoms with E-state index < -0.39 is 0 Å². The Bertz CT molecular complexity index is 1810. The first kappa shape index (κ1) is 18.4. The summed E-state index contributed by atoms with van der Waals surface area (Å²) in [6.45, 7) is 2.21. The van der Waals surface area contributed by atoms with Crippen molar-refractivity contribution in [1.82, 2.24) is 0 Å². The van der Waals surface area contributed by atoms with Gasteiger partial charge in [-0.2, -0.15) is 0 Å². The smallest absolute Gasteiger partial charge is 0.00205 e. The maximum absolute atomic E-state index is 2.33. The van der Waals surface area contributed by atoms with Crippen LogP contribution in [0.3, 0.4) is 0 Å². The highest BCUT2D eigenvalue weighted by molar-refractivity contribution is 6.26. The van der Waals surface area contributed by atoms with Gasteiger partial charge in [-0.1, -0.05) is 103 Å². The third-order valence-corrected chi connectivity index (χ3v) is 7.14. The quantitative estimate of drug-likeness (QED) is 0.245. The summed E-state index contributed by atoms with van der Waals surface area (Å²) in [6, 6.07) is 42.4. The monoisotopic (exact) mass is 418 g/mol. The zero-order valence-electron chi connectivity index (χ0n) is 18.5. The molecular formula is C33H22. The lowest BCUT2D eigenvalue weighted by Gasteiger charge is -2.15. The van der Waals surface area contributed by atoms with Gasteiger partial charge in [0.1, 0.15) is 0 Å². The van der Waals surface area contributed by atoms with Gasteiger partial charge in [0.25, 0.3) is 0 Å². The zero-order valence-corrected chi connectivity index (χ0v) is 18.5. The number of aryl methyl sites for hydroxylation is 1. The second-order valence-electron chi connectivity index (χ2n) is 9.06. The van der Waals surface area contributed by atoms with E-state index in [4.69, 9.17) is 0 Å². The van der Waals surface area contributed by atoms with Crippen LogP contribution in [0.15, 0.2) is 115 Å². The van der Waals surface area contributed by atoms with E-state index in [2.05, 4.69) is 122 Å². The predicted molar refractivity (Wildman–Crippen MR) is 143 cm³/mol. The summed E-state index contributed by atoms with van der Waals surface area (Å²) >= 11 is 0. The Hall–Kier alpha value is -4.16. The summed E-state index contributed by atoms with van der Waals surface area (Å²) in [4.78, 5) is 0. The van der Waals surface area contributed by atoms with Gasteiger partial charge in [0.15, 0.2) is 0 Å².